The molecular formula is C15H14S2. The summed E-state index contributed by atoms with van der Waals surface area (Å²) in [6.07, 6.45) is 2.20. The minimum atomic E-state index is 1.02. The van der Waals surface area contributed by atoms with Crippen LogP contribution >= 0.6 is 23.5 Å². The summed E-state index contributed by atoms with van der Waals surface area (Å²) >= 11 is 3.62. The van der Waals surface area contributed by atoms with E-state index >= 15 is 0 Å². The maximum Gasteiger partial charge on any atom is 0.0169 e. The second-order valence-electron chi connectivity index (χ2n) is 3.43. The van der Waals surface area contributed by atoms with Crippen molar-refractivity contribution in [2.24, 2.45) is 0 Å². The van der Waals surface area contributed by atoms with Crippen LogP contribution < -0.4 is 0 Å². The van der Waals surface area contributed by atoms with Gasteiger partial charge in [-0.15, -0.1) is 11.8 Å². The van der Waals surface area contributed by atoms with E-state index in [1.807, 2.05) is 23.9 Å². The van der Waals surface area contributed by atoms with Gasteiger partial charge in [0.05, 0.1) is 0 Å². The Balaban J connectivity index is 1.72. The first kappa shape index (κ1) is 12.3. The summed E-state index contributed by atoms with van der Waals surface area (Å²) in [5, 5.41) is 2.16. The molecule has 0 saturated heterocycles. The molecule has 0 nitrogen and oxygen atoms in total. The van der Waals surface area contributed by atoms with Gasteiger partial charge in [-0.25, -0.2) is 0 Å². The molecule has 0 N–H and O–H groups in total. The Morgan fingerprint density at radius 3 is 2.00 bits per heavy atom. The molecule has 2 aromatic carbocycles. The zero-order valence-corrected chi connectivity index (χ0v) is 11.1. The lowest BCUT2D eigenvalue weighted by Gasteiger charge is -1.96. The lowest BCUT2D eigenvalue weighted by Crippen LogP contribution is -1.72. The summed E-state index contributed by atoms with van der Waals surface area (Å²) in [7, 11) is 0. The van der Waals surface area contributed by atoms with Gasteiger partial charge in [0.2, 0.25) is 0 Å². The van der Waals surface area contributed by atoms with Gasteiger partial charge in [-0.05, 0) is 29.7 Å². The van der Waals surface area contributed by atoms with Gasteiger partial charge in [0, 0.05) is 15.5 Å². The molecule has 86 valence electrons. The van der Waals surface area contributed by atoms with E-state index in [0.717, 1.165) is 5.75 Å². The van der Waals surface area contributed by atoms with Gasteiger partial charge in [0.1, 0.15) is 0 Å². The van der Waals surface area contributed by atoms with Crippen molar-refractivity contribution in [1.29, 1.82) is 0 Å². The van der Waals surface area contributed by atoms with E-state index in [9.17, 15) is 0 Å². The fourth-order valence-corrected chi connectivity index (χ4v) is 2.85. The van der Waals surface area contributed by atoms with E-state index in [4.69, 9.17) is 0 Å². The van der Waals surface area contributed by atoms with Crippen molar-refractivity contribution in [3.63, 3.8) is 0 Å². The summed E-state index contributed by atoms with van der Waals surface area (Å²) in [6.45, 7) is 0. The second kappa shape index (κ2) is 7.25. The first-order valence-electron chi connectivity index (χ1n) is 5.50. The summed E-state index contributed by atoms with van der Waals surface area (Å²) in [4.78, 5) is 2.61. The zero-order valence-electron chi connectivity index (χ0n) is 9.45. The average molecular weight is 258 g/mol. The Morgan fingerprint density at radius 2 is 1.35 bits per heavy atom. The van der Waals surface area contributed by atoms with E-state index in [2.05, 4.69) is 60.0 Å². The van der Waals surface area contributed by atoms with Gasteiger partial charge in [0.25, 0.3) is 0 Å². The van der Waals surface area contributed by atoms with Crippen LogP contribution in [0.15, 0.2) is 81.9 Å². The van der Waals surface area contributed by atoms with Gasteiger partial charge in [-0.3, -0.25) is 0 Å². The van der Waals surface area contributed by atoms with Crippen LogP contribution in [0, 0.1) is 0 Å². The van der Waals surface area contributed by atoms with Crippen LogP contribution in [0.1, 0.15) is 0 Å². The Morgan fingerprint density at radius 1 is 0.765 bits per heavy atom. The smallest absolute Gasteiger partial charge is 0.0169 e. The molecular weight excluding hydrogens is 244 g/mol. The van der Waals surface area contributed by atoms with Crippen molar-refractivity contribution >= 4 is 23.5 Å². The van der Waals surface area contributed by atoms with Gasteiger partial charge in [-0.2, -0.15) is 0 Å². The molecule has 2 heteroatoms. The highest BCUT2D eigenvalue weighted by atomic mass is 32.2. The topological polar surface area (TPSA) is 0 Å². The molecule has 0 unspecified atom stereocenters. The molecule has 0 radical (unpaired) electrons. The van der Waals surface area contributed by atoms with Crippen molar-refractivity contribution in [3.8, 4) is 0 Å². The highest BCUT2D eigenvalue weighted by Crippen LogP contribution is 2.20. The first-order valence-corrected chi connectivity index (χ1v) is 7.36. The van der Waals surface area contributed by atoms with Gasteiger partial charge >= 0.3 is 0 Å². The predicted octanol–water partition coefficient (Wildman–Crippen LogP) is 5.08. The molecule has 0 atom stereocenters. The molecule has 0 spiro atoms. The zero-order chi connectivity index (χ0) is 11.8. The first-order chi connectivity index (χ1) is 8.45. The van der Waals surface area contributed by atoms with Crippen LogP contribution in [0.2, 0.25) is 0 Å². The normalized spacial score (nSPS) is 10.8. The Kier molecular flexibility index (Phi) is 5.27. The van der Waals surface area contributed by atoms with E-state index in [-0.39, 0.29) is 0 Å². The number of rotatable bonds is 5. The molecule has 2 rings (SSSR count). The maximum atomic E-state index is 2.20. The van der Waals surface area contributed by atoms with Crippen LogP contribution in [0.5, 0.6) is 0 Å². The maximum absolute atomic E-state index is 2.20. The predicted molar refractivity (Wildman–Crippen MR) is 78.6 cm³/mol. The second-order valence-corrected chi connectivity index (χ2v) is 5.50. The summed E-state index contributed by atoms with van der Waals surface area (Å²) < 4.78 is 0. The standard InChI is InChI=1S/C15H14S2/c1-3-8-14(9-4-1)16-12-7-13-17-15-10-5-2-6-11-15/h1-12H,13H2/b12-7-. The molecule has 0 saturated carbocycles. The third-order valence-electron chi connectivity index (χ3n) is 2.13. The van der Waals surface area contributed by atoms with Gasteiger partial charge in [-0.1, -0.05) is 54.2 Å². The molecule has 0 aliphatic heterocycles. The van der Waals surface area contributed by atoms with Crippen LogP contribution in [0.3, 0.4) is 0 Å². The minimum Gasteiger partial charge on any atom is -0.122 e. The average Bonchev–Trinajstić information content (AvgIpc) is 2.41. The third kappa shape index (κ3) is 4.72. The van der Waals surface area contributed by atoms with E-state index in [0.29, 0.717) is 0 Å². The highest BCUT2D eigenvalue weighted by Gasteiger charge is 1.89. The molecule has 17 heavy (non-hydrogen) atoms. The summed E-state index contributed by atoms with van der Waals surface area (Å²) in [5.74, 6) is 1.02. The van der Waals surface area contributed by atoms with Crippen molar-refractivity contribution < 1.29 is 0 Å². The number of hydrogen-bond acceptors (Lipinski definition) is 2. The minimum absolute atomic E-state index is 1.02. The molecule has 0 aliphatic carbocycles. The molecule has 2 aromatic rings. The summed E-state index contributed by atoms with van der Waals surface area (Å²) in [6, 6.07) is 20.9. The fraction of sp³-hybridized carbons (Fsp3) is 0.0667. The molecule has 0 aliphatic rings. The molecule has 0 fully saturated rings. The van der Waals surface area contributed by atoms with Crippen LogP contribution in [-0.2, 0) is 0 Å². The number of benzene rings is 2. The Hall–Kier alpha value is -1.12. The van der Waals surface area contributed by atoms with E-state index in [1.165, 1.54) is 9.79 Å². The molecule has 0 aromatic heterocycles. The SMILES string of the molecule is C(=C/Sc1ccccc1)/CSc1ccccc1. The monoisotopic (exact) mass is 258 g/mol. The van der Waals surface area contributed by atoms with Gasteiger partial charge < -0.3 is 0 Å². The molecule has 0 amide bonds. The van der Waals surface area contributed by atoms with E-state index < -0.39 is 0 Å². The van der Waals surface area contributed by atoms with Crippen LogP contribution in [0.4, 0.5) is 0 Å². The van der Waals surface area contributed by atoms with Crippen molar-refractivity contribution in [3.05, 3.63) is 72.1 Å². The number of thioether (sulfide) groups is 2. The lowest BCUT2D eigenvalue weighted by atomic mass is 10.4. The Labute approximate surface area is 111 Å². The van der Waals surface area contributed by atoms with Crippen molar-refractivity contribution in [2.75, 3.05) is 5.75 Å². The highest BCUT2D eigenvalue weighted by molar-refractivity contribution is 8.02. The van der Waals surface area contributed by atoms with Crippen LogP contribution in [0.25, 0.3) is 0 Å². The Bertz CT molecular complexity index is 449. The quantitative estimate of drug-likeness (QED) is 0.685. The molecule has 0 heterocycles. The fourth-order valence-electron chi connectivity index (χ4n) is 1.33. The summed E-state index contributed by atoms with van der Waals surface area (Å²) in [5.41, 5.74) is 0. The van der Waals surface area contributed by atoms with E-state index in [1.54, 1.807) is 11.8 Å². The largest absolute Gasteiger partial charge is 0.122 e. The van der Waals surface area contributed by atoms with Crippen LogP contribution in [-0.4, -0.2) is 5.75 Å². The van der Waals surface area contributed by atoms with Crippen molar-refractivity contribution in [1.82, 2.24) is 0 Å². The van der Waals surface area contributed by atoms with Gasteiger partial charge in [0.15, 0.2) is 0 Å². The third-order valence-corrected chi connectivity index (χ3v) is 3.97. The van der Waals surface area contributed by atoms with Crippen molar-refractivity contribution in [2.45, 2.75) is 9.79 Å². The lowest BCUT2D eigenvalue weighted by molar-refractivity contribution is 1.46. The molecule has 0 bridgehead atoms. The number of hydrogen-bond donors (Lipinski definition) is 0.